The lowest BCUT2D eigenvalue weighted by Gasteiger charge is -2.09. The Morgan fingerprint density at radius 3 is 2.36 bits per heavy atom. The van der Waals surface area contributed by atoms with Gasteiger partial charge in [-0.05, 0) is 17.5 Å². The number of hydrogen-bond donors (Lipinski definition) is 1. The van der Waals surface area contributed by atoms with Crippen LogP contribution in [0.3, 0.4) is 0 Å². The third-order valence-electron chi connectivity index (χ3n) is 2.24. The van der Waals surface area contributed by atoms with Crippen LogP contribution >= 0.6 is 11.6 Å². The summed E-state index contributed by atoms with van der Waals surface area (Å²) in [5, 5.41) is 8.87. The van der Waals surface area contributed by atoms with Gasteiger partial charge in [-0.2, -0.15) is 0 Å². The first-order valence-corrected chi connectivity index (χ1v) is 5.10. The molecule has 0 fully saturated rings. The maximum absolute atomic E-state index is 10.8. The lowest BCUT2D eigenvalue weighted by Crippen LogP contribution is -2.12. The van der Waals surface area contributed by atoms with E-state index < -0.39 is 11.9 Å². The molecule has 0 heterocycles. The van der Waals surface area contributed by atoms with Crippen molar-refractivity contribution in [2.45, 2.75) is 19.3 Å². The Kier molecular flexibility index (Phi) is 3.96. The van der Waals surface area contributed by atoms with E-state index in [9.17, 15) is 4.79 Å². The van der Waals surface area contributed by atoms with Gasteiger partial charge >= 0.3 is 5.97 Å². The molecule has 0 amide bonds. The summed E-state index contributed by atoms with van der Waals surface area (Å²) in [6.07, 6.45) is 0.957. The number of rotatable bonds is 4. The molecular weight excluding hydrogens is 200 g/mol. The molecule has 0 aliphatic rings. The van der Waals surface area contributed by atoms with Crippen molar-refractivity contribution in [1.82, 2.24) is 0 Å². The van der Waals surface area contributed by atoms with Crippen LogP contribution in [0.2, 0.25) is 0 Å². The van der Waals surface area contributed by atoms with E-state index in [-0.39, 0.29) is 5.88 Å². The van der Waals surface area contributed by atoms with Crippen molar-refractivity contribution in [3.8, 4) is 0 Å². The predicted molar refractivity (Wildman–Crippen MR) is 56.9 cm³/mol. The van der Waals surface area contributed by atoms with E-state index in [0.717, 1.165) is 12.0 Å². The van der Waals surface area contributed by atoms with Gasteiger partial charge in [0.15, 0.2) is 0 Å². The minimum atomic E-state index is -0.871. The smallest absolute Gasteiger partial charge is 0.312 e. The normalized spacial score (nSPS) is 12.4. The average Bonchev–Trinajstić information content (AvgIpc) is 2.19. The lowest BCUT2D eigenvalue weighted by molar-refractivity contribution is -0.138. The van der Waals surface area contributed by atoms with E-state index in [1.807, 2.05) is 24.3 Å². The molecule has 1 aromatic rings. The SMILES string of the molecule is CCc1ccc(C(CCl)C(=O)O)cc1. The number of benzene rings is 1. The fourth-order valence-corrected chi connectivity index (χ4v) is 1.59. The van der Waals surface area contributed by atoms with Crippen LogP contribution in [0.25, 0.3) is 0 Å². The number of alkyl halides is 1. The molecule has 0 saturated carbocycles. The van der Waals surface area contributed by atoms with Gasteiger partial charge in [0.05, 0.1) is 5.92 Å². The van der Waals surface area contributed by atoms with E-state index in [4.69, 9.17) is 16.7 Å². The molecule has 1 atom stereocenters. The maximum atomic E-state index is 10.8. The number of aryl methyl sites for hydroxylation is 1. The van der Waals surface area contributed by atoms with Crippen molar-refractivity contribution in [2.75, 3.05) is 5.88 Å². The maximum Gasteiger partial charge on any atom is 0.312 e. The molecule has 0 spiro atoms. The highest BCUT2D eigenvalue weighted by atomic mass is 35.5. The van der Waals surface area contributed by atoms with Gasteiger partial charge in [0.2, 0.25) is 0 Å². The minimum absolute atomic E-state index is 0.112. The third kappa shape index (κ3) is 2.48. The highest BCUT2D eigenvalue weighted by Gasteiger charge is 2.17. The quantitative estimate of drug-likeness (QED) is 0.780. The standard InChI is InChI=1S/C11H13ClO2/c1-2-8-3-5-9(6-4-8)10(7-12)11(13)14/h3-6,10H,2,7H2,1H3,(H,13,14). The largest absolute Gasteiger partial charge is 0.481 e. The van der Waals surface area contributed by atoms with Gasteiger partial charge in [-0.15, -0.1) is 11.6 Å². The number of aliphatic carboxylic acids is 1. The number of carboxylic acid groups (broad SMARTS) is 1. The zero-order valence-corrected chi connectivity index (χ0v) is 8.79. The summed E-state index contributed by atoms with van der Waals surface area (Å²) >= 11 is 5.59. The number of carbonyl (C=O) groups is 1. The van der Waals surface area contributed by atoms with Crippen LogP contribution in [0, 0.1) is 0 Å². The molecule has 0 aliphatic heterocycles. The molecule has 0 radical (unpaired) electrons. The summed E-state index contributed by atoms with van der Waals surface area (Å²) in [6.45, 7) is 2.06. The fraction of sp³-hybridized carbons (Fsp3) is 0.364. The number of halogens is 1. The number of carboxylic acids is 1. The van der Waals surface area contributed by atoms with E-state index in [2.05, 4.69) is 6.92 Å². The van der Waals surface area contributed by atoms with E-state index in [1.54, 1.807) is 0 Å². The van der Waals surface area contributed by atoms with Crippen LogP contribution in [0.15, 0.2) is 24.3 Å². The van der Waals surface area contributed by atoms with Crippen LogP contribution in [0.1, 0.15) is 24.0 Å². The van der Waals surface area contributed by atoms with Crippen molar-refractivity contribution in [3.05, 3.63) is 35.4 Å². The average molecular weight is 213 g/mol. The summed E-state index contributed by atoms with van der Waals surface area (Å²) in [5.41, 5.74) is 1.97. The first-order chi connectivity index (χ1) is 6.69. The topological polar surface area (TPSA) is 37.3 Å². The van der Waals surface area contributed by atoms with Crippen LogP contribution < -0.4 is 0 Å². The van der Waals surface area contributed by atoms with Crippen LogP contribution in [-0.2, 0) is 11.2 Å². The molecule has 0 aliphatic carbocycles. The molecule has 0 bridgehead atoms. The van der Waals surface area contributed by atoms with Gasteiger partial charge in [-0.25, -0.2) is 0 Å². The second kappa shape index (κ2) is 5.01. The summed E-state index contributed by atoms with van der Waals surface area (Å²) < 4.78 is 0. The Morgan fingerprint density at radius 1 is 1.43 bits per heavy atom. The van der Waals surface area contributed by atoms with Gasteiger partial charge < -0.3 is 5.11 Å². The first-order valence-electron chi connectivity index (χ1n) is 4.56. The van der Waals surface area contributed by atoms with Crippen molar-refractivity contribution in [3.63, 3.8) is 0 Å². The van der Waals surface area contributed by atoms with Crippen molar-refractivity contribution < 1.29 is 9.90 Å². The second-order valence-corrected chi connectivity index (χ2v) is 3.45. The van der Waals surface area contributed by atoms with E-state index >= 15 is 0 Å². The Labute approximate surface area is 88.5 Å². The third-order valence-corrected chi connectivity index (χ3v) is 2.55. The number of hydrogen-bond acceptors (Lipinski definition) is 1. The van der Waals surface area contributed by atoms with Gasteiger partial charge in [-0.3, -0.25) is 4.79 Å². The van der Waals surface area contributed by atoms with Gasteiger partial charge in [0.1, 0.15) is 0 Å². The molecule has 1 unspecified atom stereocenters. The lowest BCUT2D eigenvalue weighted by atomic mass is 9.99. The zero-order valence-electron chi connectivity index (χ0n) is 8.03. The molecule has 14 heavy (non-hydrogen) atoms. The molecule has 76 valence electrons. The van der Waals surface area contributed by atoms with E-state index in [0.29, 0.717) is 0 Å². The van der Waals surface area contributed by atoms with Crippen LogP contribution in [0.4, 0.5) is 0 Å². The van der Waals surface area contributed by atoms with Crippen molar-refractivity contribution >= 4 is 17.6 Å². The van der Waals surface area contributed by atoms with Crippen LogP contribution in [-0.4, -0.2) is 17.0 Å². The zero-order chi connectivity index (χ0) is 10.6. The molecule has 3 heteroatoms. The molecule has 1 aromatic carbocycles. The van der Waals surface area contributed by atoms with Gasteiger partial charge in [0.25, 0.3) is 0 Å². The van der Waals surface area contributed by atoms with Crippen molar-refractivity contribution in [2.24, 2.45) is 0 Å². The van der Waals surface area contributed by atoms with Crippen molar-refractivity contribution in [1.29, 1.82) is 0 Å². The van der Waals surface area contributed by atoms with Gasteiger partial charge in [-0.1, -0.05) is 31.2 Å². The molecular formula is C11H13ClO2. The van der Waals surface area contributed by atoms with Crippen LogP contribution in [0.5, 0.6) is 0 Å². The summed E-state index contributed by atoms with van der Waals surface area (Å²) in [5.74, 6) is -1.35. The summed E-state index contributed by atoms with van der Waals surface area (Å²) in [7, 11) is 0. The Bertz CT molecular complexity index is 306. The predicted octanol–water partition coefficient (Wildman–Crippen LogP) is 2.66. The Balaban J connectivity index is 2.89. The molecule has 0 aromatic heterocycles. The Morgan fingerprint density at radius 2 is 2.00 bits per heavy atom. The Hall–Kier alpha value is -1.02. The highest BCUT2D eigenvalue weighted by Crippen LogP contribution is 2.18. The van der Waals surface area contributed by atoms with Gasteiger partial charge in [0, 0.05) is 5.88 Å². The summed E-state index contributed by atoms with van der Waals surface area (Å²) in [4.78, 5) is 10.8. The second-order valence-electron chi connectivity index (χ2n) is 3.14. The summed E-state index contributed by atoms with van der Waals surface area (Å²) in [6, 6.07) is 7.55. The molecule has 2 nitrogen and oxygen atoms in total. The fourth-order valence-electron chi connectivity index (χ4n) is 1.28. The minimum Gasteiger partial charge on any atom is -0.481 e. The molecule has 1 N–H and O–H groups in total. The molecule has 0 saturated heterocycles. The van der Waals surface area contributed by atoms with E-state index in [1.165, 1.54) is 5.56 Å². The molecule has 1 rings (SSSR count). The highest BCUT2D eigenvalue weighted by molar-refractivity contribution is 6.19. The monoisotopic (exact) mass is 212 g/mol. The first kappa shape index (κ1) is 11.1.